The zero-order valence-corrected chi connectivity index (χ0v) is 19.5. The van der Waals surface area contributed by atoms with Crippen LogP contribution >= 0.6 is 11.6 Å². The van der Waals surface area contributed by atoms with Crippen LogP contribution < -0.4 is 10.1 Å². The average Bonchev–Trinajstić information content (AvgIpc) is 2.79. The van der Waals surface area contributed by atoms with Gasteiger partial charge in [0.05, 0.1) is 25.2 Å². The first-order valence-corrected chi connectivity index (χ1v) is 11.2. The number of ether oxygens (including phenoxy) is 2. The lowest BCUT2D eigenvalue weighted by atomic mass is 9.68. The van der Waals surface area contributed by atoms with Gasteiger partial charge in [-0.1, -0.05) is 35.9 Å². The van der Waals surface area contributed by atoms with Crippen LogP contribution in [-0.2, 0) is 14.3 Å². The van der Waals surface area contributed by atoms with Gasteiger partial charge in [-0.2, -0.15) is 0 Å². The monoisotopic (exact) mass is 467 g/mol. The van der Waals surface area contributed by atoms with Gasteiger partial charge in [0.15, 0.2) is 11.5 Å². The van der Waals surface area contributed by atoms with Crippen molar-refractivity contribution >= 4 is 23.4 Å². The molecule has 1 heterocycles. The van der Waals surface area contributed by atoms with Crippen molar-refractivity contribution in [3.05, 3.63) is 81.7 Å². The van der Waals surface area contributed by atoms with Crippen molar-refractivity contribution in [3.63, 3.8) is 0 Å². The fraction of sp³-hybridized carbons (Fsp3) is 0.308. The molecule has 0 amide bonds. The third kappa shape index (κ3) is 4.35. The number of aromatic hydroxyl groups is 1. The number of hydrogen-bond acceptors (Lipinski definition) is 6. The van der Waals surface area contributed by atoms with Gasteiger partial charge in [-0.05, 0) is 49.2 Å². The summed E-state index contributed by atoms with van der Waals surface area (Å²) < 4.78 is 10.6. The van der Waals surface area contributed by atoms with Gasteiger partial charge in [-0.3, -0.25) is 4.79 Å². The second-order valence-corrected chi connectivity index (χ2v) is 8.66. The maximum Gasteiger partial charge on any atom is 0.336 e. The second kappa shape index (κ2) is 9.32. The maximum atomic E-state index is 13.5. The topological polar surface area (TPSA) is 84.9 Å². The lowest BCUT2D eigenvalue weighted by Crippen LogP contribution is -2.41. The predicted molar refractivity (Wildman–Crippen MR) is 125 cm³/mol. The Morgan fingerprint density at radius 3 is 2.52 bits per heavy atom. The van der Waals surface area contributed by atoms with Crippen molar-refractivity contribution in [3.8, 4) is 11.5 Å². The molecule has 0 aromatic heterocycles. The number of fused-ring (bicyclic) bond motifs is 1. The highest BCUT2D eigenvalue weighted by Gasteiger charge is 2.45. The number of esters is 1. The van der Waals surface area contributed by atoms with Crippen LogP contribution in [0.2, 0.25) is 5.02 Å². The number of hydrogen-bond donors (Lipinski definition) is 2. The number of benzene rings is 2. The molecule has 6 nitrogen and oxygen atoms in total. The minimum atomic E-state index is -0.578. The SMILES string of the molecule is CCOc1cc(C2C(C(=O)OC)=C(C)NC3=CC(c4ccc(Cl)cc4)CC(=O)C32)ccc1O. The van der Waals surface area contributed by atoms with Gasteiger partial charge in [0.1, 0.15) is 5.78 Å². The molecule has 172 valence electrons. The summed E-state index contributed by atoms with van der Waals surface area (Å²) in [7, 11) is 1.33. The first kappa shape index (κ1) is 22.9. The maximum absolute atomic E-state index is 13.5. The van der Waals surface area contributed by atoms with Crippen LogP contribution in [0.25, 0.3) is 0 Å². The van der Waals surface area contributed by atoms with E-state index in [4.69, 9.17) is 21.1 Å². The smallest absolute Gasteiger partial charge is 0.336 e. The number of methoxy groups -OCH3 is 1. The number of halogens is 1. The van der Waals surface area contributed by atoms with Crippen LogP contribution in [-0.4, -0.2) is 30.6 Å². The Balaban J connectivity index is 1.83. The molecule has 0 bridgehead atoms. The van der Waals surface area contributed by atoms with Crippen molar-refractivity contribution < 1.29 is 24.2 Å². The van der Waals surface area contributed by atoms with E-state index < -0.39 is 17.8 Å². The highest BCUT2D eigenvalue weighted by atomic mass is 35.5. The lowest BCUT2D eigenvalue weighted by molar-refractivity contribution is -0.136. The minimum absolute atomic E-state index is 0.00314. The van der Waals surface area contributed by atoms with Crippen molar-refractivity contribution in [2.45, 2.75) is 32.1 Å². The van der Waals surface area contributed by atoms with E-state index in [-0.39, 0.29) is 17.5 Å². The van der Waals surface area contributed by atoms with Gasteiger partial charge >= 0.3 is 5.97 Å². The Morgan fingerprint density at radius 2 is 1.85 bits per heavy atom. The van der Waals surface area contributed by atoms with Crippen LogP contribution in [0.5, 0.6) is 11.5 Å². The van der Waals surface area contributed by atoms with Crippen molar-refractivity contribution in [2.75, 3.05) is 13.7 Å². The lowest BCUT2D eigenvalue weighted by Gasteiger charge is -2.39. The van der Waals surface area contributed by atoms with Gasteiger partial charge in [-0.15, -0.1) is 0 Å². The number of rotatable bonds is 5. The molecule has 2 aromatic rings. The molecule has 2 aliphatic rings. The summed E-state index contributed by atoms with van der Waals surface area (Å²) in [5, 5.41) is 14.1. The quantitative estimate of drug-likeness (QED) is 0.612. The van der Waals surface area contributed by atoms with Gasteiger partial charge < -0.3 is 19.9 Å². The molecule has 7 heteroatoms. The molecule has 1 aliphatic carbocycles. The average molecular weight is 468 g/mol. The third-order valence-electron chi connectivity index (χ3n) is 6.21. The van der Waals surface area contributed by atoms with E-state index in [0.29, 0.717) is 40.6 Å². The predicted octanol–water partition coefficient (Wildman–Crippen LogP) is 4.83. The number of Topliss-reactive ketones (excluding diaryl/α,β-unsaturated/α-hetero) is 1. The Morgan fingerprint density at radius 1 is 1.15 bits per heavy atom. The number of phenols is 1. The van der Waals surface area contributed by atoms with E-state index in [2.05, 4.69) is 11.4 Å². The molecule has 0 saturated heterocycles. The molecule has 4 rings (SSSR count). The first-order chi connectivity index (χ1) is 15.8. The number of nitrogens with one attached hydrogen (secondary N) is 1. The number of ketones is 1. The van der Waals surface area contributed by atoms with E-state index in [1.807, 2.05) is 31.2 Å². The fourth-order valence-corrected chi connectivity index (χ4v) is 4.86. The summed E-state index contributed by atoms with van der Waals surface area (Å²) in [5.74, 6) is -1.41. The Hall–Kier alpha value is -3.25. The molecule has 3 unspecified atom stereocenters. The standard InChI is InChI=1S/C26H26ClNO5/c1-4-33-22-13-16(7-10-20(22)29)24-23(26(31)32-3)14(2)28-19-11-17(12-21(30)25(19)24)15-5-8-18(27)9-6-15/h5-11,13,17,24-25,28-29H,4,12H2,1-3H3. The highest BCUT2D eigenvalue weighted by molar-refractivity contribution is 6.30. The summed E-state index contributed by atoms with van der Waals surface area (Å²) in [6, 6.07) is 12.4. The summed E-state index contributed by atoms with van der Waals surface area (Å²) >= 11 is 6.03. The number of carbonyl (C=O) groups excluding carboxylic acids is 2. The van der Waals surface area contributed by atoms with Crippen LogP contribution in [0.3, 0.4) is 0 Å². The van der Waals surface area contributed by atoms with Gasteiger partial charge in [0.25, 0.3) is 0 Å². The van der Waals surface area contributed by atoms with E-state index in [1.54, 1.807) is 19.1 Å². The molecule has 2 N–H and O–H groups in total. The van der Waals surface area contributed by atoms with Gasteiger partial charge in [-0.25, -0.2) is 4.79 Å². The van der Waals surface area contributed by atoms with Crippen LogP contribution in [0, 0.1) is 5.92 Å². The Bertz CT molecular complexity index is 1150. The van der Waals surface area contributed by atoms with Crippen LogP contribution in [0.15, 0.2) is 65.5 Å². The summed E-state index contributed by atoms with van der Waals surface area (Å²) in [5.41, 5.74) is 3.48. The third-order valence-corrected chi connectivity index (χ3v) is 6.46. The highest BCUT2D eigenvalue weighted by Crippen LogP contribution is 2.47. The largest absolute Gasteiger partial charge is 0.504 e. The number of phenolic OH excluding ortho intramolecular Hbond substituents is 1. The Kier molecular flexibility index (Phi) is 6.47. The number of allylic oxidation sites excluding steroid dienone is 3. The molecule has 33 heavy (non-hydrogen) atoms. The normalized spacial score (nSPS) is 22.2. The van der Waals surface area contributed by atoms with Crippen molar-refractivity contribution in [1.82, 2.24) is 5.32 Å². The zero-order chi connectivity index (χ0) is 23.7. The van der Waals surface area contributed by atoms with Crippen LogP contribution in [0.1, 0.15) is 43.2 Å². The molecular weight excluding hydrogens is 442 g/mol. The van der Waals surface area contributed by atoms with E-state index in [9.17, 15) is 14.7 Å². The fourth-order valence-electron chi connectivity index (χ4n) is 4.73. The zero-order valence-electron chi connectivity index (χ0n) is 18.7. The molecule has 2 aromatic carbocycles. The van der Waals surface area contributed by atoms with E-state index >= 15 is 0 Å². The molecular formula is C26H26ClNO5. The summed E-state index contributed by atoms with van der Waals surface area (Å²) in [6.07, 6.45) is 2.36. The van der Waals surface area contributed by atoms with Crippen molar-refractivity contribution in [1.29, 1.82) is 0 Å². The van der Waals surface area contributed by atoms with Crippen molar-refractivity contribution in [2.24, 2.45) is 5.92 Å². The molecule has 3 atom stereocenters. The molecule has 0 fully saturated rings. The molecule has 0 radical (unpaired) electrons. The van der Waals surface area contributed by atoms with E-state index in [0.717, 1.165) is 11.3 Å². The second-order valence-electron chi connectivity index (χ2n) is 8.22. The van der Waals surface area contributed by atoms with Gasteiger partial charge in [0, 0.05) is 34.7 Å². The number of carbonyl (C=O) groups is 2. The minimum Gasteiger partial charge on any atom is -0.504 e. The van der Waals surface area contributed by atoms with E-state index in [1.165, 1.54) is 13.2 Å². The first-order valence-electron chi connectivity index (χ1n) is 10.9. The van der Waals surface area contributed by atoms with Gasteiger partial charge in [0.2, 0.25) is 0 Å². The molecule has 0 saturated carbocycles. The summed E-state index contributed by atoms with van der Waals surface area (Å²) in [4.78, 5) is 26.3. The van der Waals surface area contributed by atoms with Crippen LogP contribution in [0.4, 0.5) is 0 Å². The Labute approximate surface area is 197 Å². The summed E-state index contributed by atoms with van der Waals surface area (Å²) in [6.45, 7) is 4.00. The molecule has 0 spiro atoms. The molecule has 1 aliphatic heterocycles.